The van der Waals surface area contributed by atoms with Crippen LogP contribution in [0.2, 0.25) is 10.0 Å². The zero-order valence-electron chi connectivity index (χ0n) is 8.25. The van der Waals surface area contributed by atoms with Crippen molar-refractivity contribution >= 4 is 34.5 Å². The molecule has 1 atom stereocenters. The molecular formula is C11H6Cl2F2OS. The van der Waals surface area contributed by atoms with Gasteiger partial charge >= 0.3 is 0 Å². The van der Waals surface area contributed by atoms with Crippen LogP contribution in [0.3, 0.4) is 0 Å². The van der Waals surface area contributed by atoms with Crippen LogP contribution < -0.4 is 0 Å². The molecule has 6 heteroatoms. The normalized spacial score (nSPS) is 12.8. The first-order valence-electron chi connectivity index (χ1n) is 4.56. The van der Waals surface area contributed by atoms with Gasteiger partial charge in [-0.3, -0.25) is 0 Å². The second-order valence-corrected chi connectivity index (χ2v) is 5.09. The van der Waals surface area contributed by atoms with Gasteiger partial charge in [-0.1, -0.05) is 23.2 Å². The number of halogens is 4. The summed E-state index contributed by atoms with van der Waals surface area (Å²) in [4.78, 5) is 0.444. The molecule has 1 aromatic carbocycles. The molecular weight excluding hydrogens is 289 g/mol. The smallest absolute Gasteiger partial charge is 0.160 e. The monoisotopic (exact) mass is 294 g/mol. The Morgan fingerprint density at radius 2 is 1.76 bits per heavy atom. The highest BCUT2D eigenvalue weighted by atomic mass is 35.5. The summed E-state index contributed by atoms with van der Waals surface area (Å²) in [7, 11) is 0. The molecule has 0 saturated heterocycles. The summed E-state index contributed by atoms with van der Waals surface area (Å²) in [6, 6.07) is 3.31. The average molecular weight is 295 g/mol. The number of aliphatic hydroxyl groups is 1. The van der Waals surface area contributed by atoms with Crippen LogP contribution in [0.1, 0.15) is 16.5 Å². The Morgan fingerprint density at radius 3 is 2.35 bits per heavy atom. The van der Waals surface area contributed by atoms with Crippen LogP contribution in [0.15, 0.2) is 23.6 Å². The van der Waals surface area contributed by atoms with E-state index in [0.29, 0.717) is 9.90 Å². The van der Waals surface area contributed by atoms with Crippen LogP contribution in [-0.2, 0) is 0 Å². The lowest BCUT2D eigenvalue weighted by Gasteiger charge is -2.12. The number of aliphatic hydroxyl groups excluding tert-OH is 1. The molecule has 0 aliphatic carbocycles. The fourth-order valence-electron chi connectivity index (χ4n) is 1.39. The molecule has 0 saturated carbocycles. The highest BCUT2D eigenvalue weighted by molar-refractivity contribution is 7.10. The molecule has 1 unspecified atom stereocenters. The van der Waals surface area contributed by atoms with E-state index in [-0.39, 0.29) is 10.6 Å². The minimum absolute atomic E-state index is 0.0409. The summed E-state index contributed by atoms with van der Waals surface area (Å²) in [6.45, 7) is 0. The van der Waals surface area contributed by atoms with E-state index in [4.69, 9.17) is 23.2 Å². The molecule has 2 aromatic rings. The molecule has 0 fully saturated rings. The summed E-state index contributed by atoms with van der Waals surface area (Å²) >= 11 is 12.8. The van der Waals surface area contributed by atoms with Crippen LogP contribution in [-0.4, -0.2) is 5.11 Å². The van der Waals surface area contributed by atoms with Crippen molar-refractivity contribution in [2.24, 2.45) is 0 Å². The first-order valence-corrected chi connectivity index (χ1v) is 6.19. The Kier molecular flexibility index (Phi) is 3.68. The Hall–Kier alpha value is -0.680. The Balaban J connectivity index is 2.48. The number of rotatable bonds is 2. The maximum atomic E-state index is 13.1. The van der Waals surface area contributed by atoms with E-state index in [1.54, 1.807) is 11.4 Å². The van der Waals surface area contributed by atoms with Gasteiger partial charge in [0.1, 0.15) is 6.10 Å². The van der Waals surface area contributed by atoms with Crippen LogP contribution >= 0.6 is 34.5 Å². The van der Waals surface area contributed by atoms with E-state index in [9.17, 15) is 13.9 Å². The molecule has 90 valence electrons. The minimum Gasteiger partial charge on any atom is -0.383 e. The zero-order chi connectivity index (χ0) is 12.6. The summed E-state index contributed by atoms with van der Waals surface area (Å²) in [6.07, 6.45) is -1.16. The summed E-state index contributed by atoms with van der Waals surface area (Å²) in [5.41, 5.74) is 0.0925. The van der Waals surface area contributed by atoms with Crippen LogP contribution in [0.5, 0.6) is 0 Å². The molecule has 1 heterocycles. The SMILES string of the molecule is OC(c1cc(F)c(F)cc1Cl)c1sccc1Cl. The van der Waals surface area contributed by atoms with Gasteiger partial charge in [-0.2, -0.15) is 0 Å². The van der Waals surface area contributed by atoms with Gasteiger partial charge in [0.25, 0.3) is 0 Å². The van der Waals surface area contributed by atoms with E-state index in [1.165, 1.54) is 11.3 Å². The van der Waals surface area contributed by atoms with E-state index < -0.39 is 17.7 Å². The number of thiophene rings is 1. The third-order valence-electron chi connectivity index (χ3n) is 2.23. The predicted molar refractivity (Wildman–Crippen MR) is 64.8 cm³/mol. The van der Waals surface area contributed by atoms with Gasteiger partial charge in [-0.25, -0.2) is 8.78 Å². The maximum Gasteiger partial charge on any atom is 0.160 e. The van der Waals surface area contributed by atoms with E-state index in [0.717, 1.165) is 12.1 Å². The summed E-state index contributed by atoms with van der Waals surface area (Å²) in [5.74, 6) is -2.11. The topological polar surface area (TPSA) is 20.2 Å². The lowest BCUT2D eigenvalue weighted by Crippen LogP contribution is -2.01. The van der Waals surface area contributed by atoms with Crippen molar-refractivity contribution in [3.63, 3.8) is 0 Å². The van der Waals surface area contributed by atoms with Crippen molar-refractivity contribution in [1.82, 2.24) is 0 Å². The van der Waals surface area contributed by atoms with Gasteiger partial charge < -0.3 is 5.11 Å². The zero-order valence-corrected chi connectivity index (χ0v) is 10.6. The highest BCUT2D eigenvalue weighted by Gasteiger charge is 2.20. The molecule has 1 nitrogen and oxygen atoms in total. The van der Waals surface area contributed by atoms with E-state index in [1.807, 2.05) is 0 Å². The number of hydrogen-bond donors (Lipinski definition) is 1. The van der Waals surface area contributed by atoms with Crippen molar-refractivity contribution in [2.45, 2.75) is 6.10 Å². The van der Waals surface area contributed by atoms with Gasteiger partial charge in [0, 0.05) is 10.6 Å². The molecule has 0 radical (unpaired) electrons. The highest BCUT2D eigenvalue weighted by Crippen LogP contribution is 2.36. The molecule has 1 N–H and O–H groups in total. The molecule has 17 heavy (non-hydrogen) atoms. The van der Waals surface area contributed by atoms with Crippen molar-refractivity contribution in [1.29, 1.82) is 0 Å². The van der Waals surface area contributed by atoms with Crippen LogP contribution in [0.25, 0.3) is 0 Å². The number of benzene rings is 1. The molecule has 0 bridgehead atoms. The van der Waals surface area contributed by atoms with Crippen molar-refractivity contribution in [3.05, 3.63) is 55.7 Å². The first-order chi connectivity index (χ1) is 8.00. The minimum atomic E-state index is -1.16. The van der Waals surface area contributed by atoms with Gasteiger partial charge in [-0.05, 0) is 23.6 Å². The summed E-state index contributed by atoms with van der Waals surface area (Å²) < 4.78 is 26.0. The molecule has 2 rings (SSSR count). The standard InChI is InChI=1S/C11H6Cl2F2OS/c12-6-1-2-17-11(6)10(16)5-3-8(14)9(15)4-7(5)13/h1-4,10,16H. The fourth-order valence-corrected chi connectivity index (χ4v) is 2.80. The number of hydrogen-bond acceptors (Lipinski definition) is 2. The Morgan fingerprint density at radius 1 is 1.12 bits per heavy atom. The van der Waals surface area contributed by atoms with Gasteiger partial charge in [0.2, 0.25) is 0 Å². The lowest BCUT2D eigenvalue weighted by atomic mass is 10.1. The first kappa shape index (κ1) is 12.8. The maximum absolute atomic E-state index is 13.1. The Bertz CT molecular complexity index is 556. The van der Waals surface area contributed by atoms with E-state index >= 15 is 0 Å². The molecule has 0 aliphatic rings. The summed E-state index contributed by atoms with van der Waals surface area (Å²) in [5, 5.41) is 12.0. The van der Waals surface area contributed by atoms with Crippen LogP contribution in [0.4, 0.5) is 8.78 Å². The predicted octanol–water partition coefficient (Wildman–Crippen LogP) is 4.41. The lowest BCUT2D eigenvalue weighted by molar-refractivity contribution is 0.223. The Labute approximate surface area is 110 Å². The van der Waals surface area contributed by atoms with Crippen molar-refractivity contribution < 1.29 is 13.9 Å². The second-order valence-electron chi connectivity index (χ2n) is 3.32. The largest absolute Gasteiger partial charge is 0.383 e. The molecule has 1 aromatic heterocycles. The third kappa shape index (κ3) is 2.45. The third-order valence-corrected chi connectivity index (χ3v) is 3.97. The van der Waals surface area contributed by atoms with Crippen LogP contribution in [0, 0.1) is 11.6 Å². The quantitative estimate of drug-likeness (QED) is 0.813. The van der Waals surface area contributed by atoms with Crippen molar-refractivity contribution in [3.8, 4) is 0 Å². The van der Waals surface area contributed by atoms with Gasteiger partial charge in [0.05, 0.1) is 9.90 Å². The second kappa shape index (κ2) is 4.90. The van der Waals surface area contributed by atoms with E-state index in [2.05, 4.69) is 0 Å². The average Bonchev–Trinajstić information content (AvgIpc) is 2.69. The van der Waals surface area contributed by atoms with Gasteiger partial charge in [-0.15, -0.1) is 11.3 Å². The molecule has 0 aliphatic heterocycles. The fraction of sp³-hybridized carbons (Fsp3) is 0.0909. The van der Waals surface area contributed by atoms with Crippen molar-refractivity contribution in [2.75, 3.05) is 0 Å². The van der Waals surface area contributed by atoms with Gasteiger partial charge in [0.15, 0.2) is 11.6 Å². The molecule has 0 amide bonds. The molecule has 0 spiro atoms.